The van der Waals surface area contributed by atoms with Crippen LogP contribution in [0.4, 0.5) is 5.69 Å². The topological polar surface area (TPSA) is 87.1 Å². The van der Waals surface area contributed by atoms with Crippen LogP contribution in [-0.4, -0.2) is 15.1 Å². The van der Waals surface area contributed by atoms with E-state index in [1.165, 1.54) is 0 Å². The molecule has 106 valence electrons. The predicted molar refractivity (Wildman–Crippen MR) is 77.5 cm³/mol. The fraction of sp³-hybridized carbons (Fsp3) is 0.133. The molecule has 0 spiro atoms. The van der Waals surface area contributed by atoms with Crippen LogP contribution in [0.5, 0.6) is 5.75 Å². The zero-order chi connectivity index (χ0) is 14.7. The van der Waals surface area contributed by atoms with Crippen molar-refractivity contribution in [2.24, 2.45) is 0 Å². The summed E-state index contributed by atoms with van der Waals surface area (Å²) in [7, 11) is 0. The van der Waals surface area contributed by atoms with Gasteiger partial charge in [-0.3, -0.25) is 4.98 Å². The molecule has 6 heteroatoms. The number of nitrogens with zero attached hydrogens (tertiary/aromatic N) is 3. The number of hydrogen-bond acceptors (Lipinski definition) is 6. The molecule has 3 aromatic rings. The lowest BCUT2D eigenvalue weighted by molar-refractivity contribution is 0.242. The first kappa shape index (κ1) is 13.1. The Labute approximate surface area is 121 Å². The van der Waals surface area contributed by atoms with E-state index in [1.54, 1.807) is 12.3 Å². The van der Waals surface area contributed by atoms with E-state index in [-0.39, 0.29) is 6.61 Å². The first-order chi connectivity index (χ1) is 10.2. The Kier molecular flexibility index (Phi) is 3.51. The van der Waals surface area contributed by atoms with Gasteiger partial charge in [-0.2, -0.15) is 4.98 Å². The molecule has 6 nitrogen and oxygen atoms in total. The molecule has 2 heterocycles. The van der Waals surface area contributed by atoms with E-state index in [9.17, 15) is 0 Å². The van der Waals surface area contributed by atoms with Crippen LogP contribution in [0.25, 0.3) is 11.5 Å². The number of nitrogen functional groups attached to an aromatic ring is 1. The summed E-state index contributed by atoms with van der Waals surface area (Å²) in [5.74, 6) is 1.58. The standard InChI is InChI=1S/C15H14N4O2/c1-10-8-11(16)5-6-13(10)20-9-14-18-15(19-21-14)12-4-2-3-7-17-12/h2-8H,9,16H2,1H3. The molecule has 0 amide bonds. The summed E-state index contributed by atoms with van der Waals surface area (Å²) < 4.78 is 10.8. The largest absolute Gasteiger partial charge is 0.483 e. The highest BCUT2D eigenvalue weighted by atomic mass is 16.5. The fourth-order valence-electron chi connectivity index (χ4n) is 1.89. The maximum Gasteiger partial charge on any atom is 0.264 e. The Bertz CT molecular complexity index is 740. The number of pyridine rings is 1. The third kappa shape index (κ3) is 3.00. The maximum absolute atomic E-state index is 5.70. The van der Waals surface area contributed by atoms with Gasteiger partial charge in [0.15, 0.2) is 6.61 Å². The molecule has 0 unspecified atom stereocenters. The predicted octanol–water partition coefficient (Wildman–Crippen LogP) is 2.60. The molecule has 0 saturated heterocycles. The number of ether oxygens (including phenoxy) is 1. The smallest absolute Gasteiger partial charge is 0.264 e. The molecule has 2 aromatic heterocycles. The molecule has 0 aliphatic heterocycles. The third-order valence-electron chi connectivity index (χ3n) is 2.91. The molecule has 0 atom stereocenters. The van der Waals surface area contributed by atoms with Crippen molar-refractivity contribution in [3.63, 3.8) is 0 Å². The number of rotatable bonds is 4. The highest BCUT2D eigenvalue weighted by Gasteiger charge is 2.10. The molecule has 0 radical (unpaired) electrons. The van der Waals surface area contributed by atoms with Gasteiger partial charge in [-0.05, 0) is 42.8 Å². The summed E-state index contributed by atoms with van der Waals surface area (Å²) in [6.07, 6.45) is 1.68. The number of aromatic nitrogens is 3. The van der Waals surface area contributed by atoms with Crippen LogP contribution in [-0.2, 0) is 6.61 Å². The van der Waals surface area contributed by atoms with E-state index in [2.05, 4.69) is 15.1 Å². The minimum atomic E-state index is 0.199. The van der Waals surface area contributed by atoms with Gasteiger partial charge < -0.3 is 15.0 Å². The van der Waals surface area contributed by atoms with Crippen molar-refractivity contribution in [3.05, 3.63) is 54.0 Å². The summed E-state index contributed by atoms with van der Waals surface area (Å²) in [4.78, 5) is 8.42. The van der Waals surface area contributed by atoms with Gasteiger partial charge in [0, 0.05) is 11.9 Å². The monoisotopic (exact) mass is 282 g/mol. The minimum Gasteiger partial charge on any atom is -0.483 e. The average Bonchev–Trinajstić information content (AvgIpc) is 2.96. The molecule has 2 N–H and O–H groups in total. The quantitative estimate of drug-likeness (QED) is 0.740. The van der Waals surface area contributed by atoms with Crippen LogP contribution in [0.1, 0.15) is 11.5 Å². The Morgan fingerprint density at radius 2 is 2.14 bits per heavy atom. The van der Waals surface area contributed by atoms with Gasteiger partial charge in [0.05, 0.1) is 0 Å². The second kappa shape index (κ2) is 5.62. The number of hydrogen-bond donors (Lipinski definition) is 1. The van der Waals surface area contributed by atoms with Gasteiger partial charge in [-0.25, -0.2) is 0 Å². The second-order valence-electron chi connectivity index (χ2n) is 4.54. The fourth-order valence-corrected chi connectivity index (χ4v) is 1.89. The summed E-state index contributed by atoms with van der Waals surface area (Å²) in [6.45, 7) is 2.13. The minimum absolute atomic E-state index is 0.199. The van der Waals surface area contributed by atoms with Crippen LogP contribution in [0, 0.1) is 6.92 Å². The molecule has 21 heavy (non-hydrogen) atoms. The normalized spacial score (nSPS) is 10.5. The Balaban J connectivity index is 1.70. The van der Waals surface area contributed by atoms with Crippen molar-refractivity contribution in [2.75, 3.05) is 5.73 Å². The van der Waals surface area contributed by atoms with Gasteiger partial charge >= 0.3 is 0 Å². The average molecular weight is 282 g/mol. The van der Waals surface area contributed by atoms with Crippen LogP contribution in [0.15, 0.2) is 47.1 Å². The lowest BCUT2D eigenvalue weighted by Crippen LogP contribution is -1.98. The molecule has 0 aliphatic carbocycles. The Morgan fingerprint density at radius 1 is 1.24 bits per heavy atom. The van der Waals surface area contributed by atoms with Crippen LogP contribution in [0.2, 0.25) is 0 Å². The van der Waals surface area contributed by atoms with Gasteiger partial charge in [0.1, 0.15) is 11.4 Å². The summed E-state index contributed by atoms with van der Waals surface area (Å²) >= 11 is 0. The van der Waals surface area contributed by atoms with E-state index in [0.29, 0.717) is 23.1 Å². The molecule has 0 aliphatic rings. The molecular weight excluding hydrogens is 268 g/mol. The van der Waals surface area contributed by atoms with E-state index in [4.69, 9.17) is 15.0 Å². The highest BCUT2D eigenvalue weighted by Crippen LogP contribution is 2.21. The van der Waals surface area contributed by atoms with Crippen LogP contribution in [0.3, 0.4) is 0 Å². The van der Waals surface area contributed by atoms with Gasteiger partial charge in [0.2, 0.25) is 5.82 Å². The van der Waals surface area contributed by atoms with E-state index >= 15 is 0 Å². The zero-order valence-electron chi connectivity index (χ0n) is 11.5. The lowest BCUT2D eigenvalue weighted by Gasteiger charge is -2.07. The zero-order valence-corrected chi connectivity index (χ0v) is 11.5. The van der Waals surface area contributed by atoms with E-state index in [1.807, 2.05) is 37.3 Å². The first-order valence-electron chi connectivity index (χ1n) is 6.45. The van der Waals surface area contributed by atoms with Gasteiger partial charge in [0.25, 0.3) is 5.89 Å². The number of anilines is 1. The van der Waals surface area contributed by atoms with Gasteiger partial charge in [-0.1, -0.05) is 11.2 Å². The van der Waals surface area contributed by atoms with E-state index in [0.717, 1.165) is 11.3 Å². The van der Waals surface area contributed by atoms with Crippen molar-refractivity contribution >= 4 is 5.69 Å². The molecule has 1 aromatic carbocycles. The van der Waals surface area contributed by atoms with Crippen molar-refractivity contribution in [2.45, 2.75) is 13.5 Å². The summed E-state index contributed by atoms with van der Waals surface area (Å²) in [6, 6.07) is 11.0. The van der Waals surface area contributed by atoms with Crippen LogP contribution < -0.4 is 10.5 Å². The van der Waals surface area contributed by atoms with Crippen molar-refractivity contribution in [3.8, 4) is 17.3 Å². The Morgan fingerprint density at radius 3 is 2.90 bits per heavy atom. The van der Waals surface area contributed by atoms with Gasteiger partial charge in [-0.15, -0.1) is 0 Å². The van der Waals surface area contributed by atoms with Crippen LogP contribution >= 0.6 is 0 Å². The van der Waals surface area contributed by atoms with Crippen molar-refractivity contribution in [1.82, 2.24) is 15.1 Å². The summed E-state index contributed by atoms with van der Waals surface area (Å²) in [5.41, 5.74) is 8.02. The number of nitrogens with two attached hydrogens (primary N) is 1. The number of aryl methyl sites for hydroxylation is 1. The highest BCUT2D eigenvalue weighted by molar-refractivity contribution is 5.48. The second-order valence-corrected chi connectivity index (χ2v) is 4.54. The molecule has 3 rings (SSSR count). The molecule has 0 bridgehead atoms. The number of benzene rings is 1. The molecule has 0 saturated carbocycles. The molecular formula is C15H14N4O2. The Hall–Kier alpha value is -2.89. The summed E-state index contributed by atoms with van der Waals surface area (Å²) in [5, 5.41) is 3.89. The maximum atomic E-state index is 5.70. The third-order valence-corrected chi connectivity index (χ3v) is 2.91. The van der Waals surface area contributed by atoms with Crippen molar-refractivity contribution < 1.29 is 9.26 Å². The van der Waals surface area contributed by atoms with Crippen molar-refractivity contribution in [1.29, 1.82) is 0 Å². The first-order valence-corrected chi connectivity index (χ1v) is 6.45. The SMILES string of the molecule is Cc1cc(N)ccc1OCc1nc(-c2ccccn2)no1. The lowest BCUT2D eigenvalue weighted by atomic mass is 10.2. The van der Waals surface area contributed by atoms with E-state index < -0.39 is 0 Å². The molecule has 0 fully saturated rings.